The van der Waals surface area contributed by atoms with Gasteiger partial charge in [-0.3, -0.25) is 4.79 Å². The van der Waals surface area contributed by atoms with Crippen molar-refractivity contribution in [3.8, 4) is 0 Å². The first-order valence-corrected chi connectivity index (χ1v) is 12.2. The van der Waals surface area contributed by atoms with E-state index in [-0.39, 0.29) is 12.3 Å². The van der Waals surface area contributed by atoms with Crippen LogP contribution in [0.3, 0.4) is 0 Å². The molecule has 3 aromatic carbocycles. The molecule has 0 saturated heterocycles. The second kappa shape index (κ2) is 11.3. The summed E-state index contributed by atoms with van der Waals surface area (Å²) in [7, 11) is 0. The van der Waals surface area contributed by atoms with Crippen molar-refractivity contribution in [1.82, 2.24) is 0 Å². The fourth-order valence-corrected chi connectivity index (χ4v) is 4.91. The van der Waals surface area contributed by atoms with E-state index in [0.29, 0.717) is 34.3 Å². The monoisotopic (exact) mass is 466 g/mol. The number of hydrogen-bond acceptors (Lipinski definition) is 3. The molecule has 4 rings (SSSR count). The van der Waals surface area contributed by atoms with Gasteiger partial charge in [-0.25, -0.2) is 0 Å². The Morgan fingerprint density at radius 1 is 0.909 bits per heavy atom. The summed E-state index contributed by atoms with van der Waals surface area (Å²) in [6, 6.07) is 25.7. The predicted octanol–water partition coefficient (Wildman–Crippen LogP) is 7.32. The molecule has 2 atom stereocenters. The Bertz CT molecular complexity index is 1030. The Morgan fingerprint density at radius 2 is 1.61 bits per heavy atom. The number of alkyl halides is 2. The van der Waals surface area contributed by atoms with Crippen LogP contribution in [0, 0.1) is 0 Å². The van der Waals surface area contributed by atoms with E-state index >= 15 is 0 Å². The second-order valence-electron chi connectivity index (χ2n) is 8.44. The zero-order valence-corrected chi connectivity index (χ0v) is 19.2. The smallest absolute Gasteiger partial charge is 0.288 e. The molecular weight excluding hydrogens is 438 g/mol. The van der Waals surface area contributed by atoms with Gasteiger partial charge in [0.1, 0.15) is 0 Å². The lowest BCUT2D eigenvalue weighted by Gasteiger charge is -2.30. The maximum Gasteiger partial charge on any atom is 0.288 e. The number of carbonyl (C=O) groups excluding carboxylic acids is 1. The van der Waals surface area contributed by atoms with Crippen LogP contribution in [0.5, 0.6) is 0 Å². The SMILES string of the molecule is O=C(Cc1ccc(NC2CCCC(c3ccccc3)C2)cc1)Nc1ccc(SC(F)F)cc1. The highest BCUT2D eigenvalue weighted by Gasteiger charge is 2.23. The summed E-state index contributed by atoms with van der Waals surface area (Å²) < 4.78 is 24.8. The number of thioether (sulfide) groups is 1. The van der Waals surface area contributed by atoms with Crippen molar-refractivity contribution in [3.05, 3.63) is 90.0 Å². The van der Waals surface area contributed by atoms with Gasteiger partial charge in [0.15, 0.2) is 0 Å². The zero-order valence-electron chi connectivity index (χ0n) is 18.3. The summed E-state index contributed by atoms with van der Waals surface area (Å²) >= 11 is 0.489. The molecule has 6 heteroatoms. The zero-order chi connectivity index (χ0) is 23.0. The number of amides is 1. The number of carbonyl (C=O) groups is 1. The fraction of sp³-hybridized carbons (Fsp3) is 0.296. The highest BCUT2D eigenvalue weighted by Crippen LogP contribution is 2.34. The van der Waals surface area contributed by atoms with Crippen LogP contribution >= 0.6 is 11.8 Å². The van der Waals surface area contributed by atoms with E-state index < -0.39 is 5.76 Å². The summed E-state index contributed by atoms with van der Waals surface area (Å²) in [5.74, 6) is -1.99. The van der Waals surface area contributed by atoms with Crippen molar-refractivity contribution in [2.45, 2.75) is 54.7 Å². The van der Waals surface area contributed by atoms with Crippen LogP contribution in [0.2, 0.25) is 0 Å². The summed E-state index contributed by atoms with van der Waals surface area (Å²) in [6.45, 7) is 0. The first kappa shape index (κ1) is 23.3. The van der Waals surface area contributed by atoms with Gasteiger partial charge in [0.05, 0.1) is 6.42 Å². The molecule has 3 nitrogen and oxygen atoms in total. The number of anilines is 2. The van der Waals surface area contributed by atoms with Crippen molar-refractivity contribution in [2.75, 3.05) is 10.6 Å². The van der Waals surface area contributed by atoms with Gasteiger partial charge in [-0.05, 0) is 72.7 Å². The van der Waals surface area contributed by atoms with Crippen LogP contribution < -0.4 is 10.6 Å². The number of halogens is 2. The molecule has 1 amide bonds. The van der Waals surface area contributed by atoms with E-state index in [1.807, 2.05) is 24.3 Å². The third-order valence-electron chi connectivity index (χ3n) is 6.00. The minimum Gasteiger partial charge on any atom is -0.382 e. The van der Waals surface area contributed by atoms with Crippen LogP contribution in [-0.4, -0.2) is 17.7 Å². The molecule has 0 spiro atoms. The highest BCUT2D eigenvalue weighted by atomic mass is 32.2. The standard InChI is InChI=1S/C27H28F2N2OS/c28-27(29)33-25-15-13-23(14-16-25)31-26(32)17-19-9-11-22(12-10-19)30-24-8-4-7-21(18-24)20-5-2-1-3-6-20/h1-3,5-6,9-16,21,24,27,30H,4,7-8,17-18H2,(H,31,32). The lowest BCUT2D eigenvalue weighted by molar-refractivity contribution is -0.115. The van der Waals surface area contributed by atoms with Crippen molar-refractivity contribution in [1.29, 1.82) is 0 Å². The quantitative estimate of drug-likeness (QED) is 0.342. The topological polar surface area (TPSA) is 41.1 Å². The molecular formula is C27H28F2N2OS. The Balaban J connectivity index is 1.27. The van der Waals surface area contributed by atoms with Gasteiger partial charge < -0.3 is 10.6 Å². The molecule has 0 radical (unpaired) electrons. The third kappa shape index (κ3) is 7.06. The van der Waals surface area contributed by atoms with Crippen molar-refractivity contribution < 1.29 is 13.6 Å². The predicted molar refractivity (Wildman–Crippen MR) is 132 cm³/mol. The van der Waals surface area contributed by atoms with Gasteiger partial charge >= 0.3 is 0 Å². The molecule has 1 aliphatic carbocycles. The van der Waals surface area contributed by atoms with E-state index in [9.17, 15) is 13.6 Å². The van der Waals surface area contributed by atoms with Crippen molar-refractivity contribution in [2.24, 2.45) is 0 Å². The van der Waals surface area contributed by atoms with E-state index in [1.54, 1.807) is 24.3 Å². The number of rotatable bonds is 8. The molecule has 0 aromatic heterocycles. The molecule has 2 N–H and O–H groups in total. The molecule has 1 fully saturated rings. The van der Waals surface area contributed by atoms with Crippen LogP contribution in [0.15, 0.2) is 83.8 Å². The third-order valence-corrected chi connectivity index (χ3v) is 6.72. The summed E-state index contributed by atoms with van der Waals surface area (Å²) in [5, 5.41) is 6.48. The molecule has 0 bridgehead atoms. The molecule has 3 aromatic rings. The van der Waals surface area contributed by atoms with Crippen LogP contribution in [0.1, 0.15) is 42.7 Å². The molecule has 2 unspecified atom stereocenters. The van der Waals surface area contributed by atoms with E-state index in [2.05, 4.69) is 41.0 Å². The van der Waals surface area contributed by atoms with Gasteiger partial charge in [-0.15, -0.1) is 0 Å². The molecule has 172 valence electrons. The fourth-order valence-electron chi connectivity index (χ4n) is 4.41. The largest absolute Gasteiger partial charge is 0.382 e. The molecule has 0 aliphatic heterocycles. The number of nitrogens with one attached hydrogen (secondary N) is 2. The van der Waals surface area contributed by atoms with Gasteiger partial charge in [-0.2, -0.15) is 8.78 Å². The summed E-state index contributed by atoms with van der Waals surface area (Å²) in [5.41, 5.74) is 4.02. The molecule has 1 aliphatic rings. The highest BCUT2D eigenvalue weighted by molar-refractivity contribution is 7.99. The maximum absolute atomic E-state index is 12.4. The van der Waals surface area contributed by atoms with Gasteiger partial charge in [0, 0.05) is 22.3 Å². The Morgan fingerprint density at radius 3 is 2.30 bits per heavy atom. The Hall–Kier alpha value is -2.86. The molecule has 1 saturated carbocycles. The molecule has 0 heterocycles. The maximum atomic E-state index is 12.4. The van der Waals surface area contributed by atoms with E-state index in [4.69, 9.17) is 0 Å². The summed E-state index contributed by atoms with van der Waals surface area (Å²) in [6.07, 6.45) is 5.01. The summed E-state index contributed by atoms with van der Waals surface area (Å²) in [4.78, 5) is 12.8. The lowest BCUT2D eigenvalue weighted by atomic mass is 9.81. The van der Waals surface area contributed by atoms with E-state index in [1.165, 1.54) is 24.8 Å². The van der Waals surface area contributed by atoms with Gasteiger partial charge in [-0.1, -0.05) is 60.6 Å². The average Bonchev–Trinajstić information content (AvgIpc) is 2.82. The minimum atomic E-state index is -2.45. The minimum absolute atomic E-state index is 0.136. The van der Waals surface area contributed by atoms with Crippen molar-refractivity contribution >= 4 is 29.0 Å². The Labute approximate surface area is 198 Å². The first-order chi connectivity index (χ1) is 16.0. The van der Waals surface area contributed by atoms with Crippen molar-refractivity contribution in [3.63, 3.8) is 0 Å². The number of hydrogen-bond donors (Lipinski definition) is 2. The van der Waals surface area contributed by atoms with Gasteiger partial charge in [0.25, 0.3) is 5.76 Å². The first-order valence-electron chi connectivity index (χ1n) is 11.3. The second-order valence-corrected chi connectivity index (χ2v) is 9.50. The molecule has 33 heavy (non-hydrogen) atoms. The lowest BCUT2D eigenvalue weighted by Crippen LogP contribution is -2.26. The van der Waals surface area contributed by atoms with Crippen LogP contribution in [0.4, 0.5) is 20.2 Å². The van der Waals surface area contributed by atoms with E-state index in [0.717, 1.165) is 17.7 Å². The van der Waals surface area contributed by atoms with Crippen LogP contribution in [0.25, 0.3) is 0 Å². The normalized spacial score (nSPS) is 18.2. The van der Waals surface area contributed by atoms with Gasteiger partial charge in [0.2, 0.25) is 5.91 Å². The Kier molecular flexibility index (Phi) is 8.00. The number of benzene rings is 3. The average molecular weight is 467 g/mol. The van der Waals surface area contributed by atoms with Crippen LogP contribution in [-0.2, 0) is 11.2 Å².